The quantitative estimate of drug-likeness (QED) is 0.330. The van der Waals surface area contributed by atoms with Crippen LogP contribution in [0.3, 0.4) is 0 Å². The first-order valence-electron chi connectivity index (χ1n) is 8.20. The topological polar surface area (TPSA) is 76.5 Å². The Bertz CT molecular complexity index is 972. The molecule has 0 bridgehead atoms. The van der Waals surface area contributed by atoms with Crippen molar-refractivity contribution in [3.05, 3.63) is 95.6 Å². The number of rotatable bonds is 4. The molecule has 132 valence electrons. The monoisotopic (exact) mass is 371 g/mol. The Hall–Kier alpha value is -3.43. The molecule has 2 N–H and O–H groups in total. The van der Waals surface area contributed by atoms with Crippen LogP contribution in [0.15, 0.2) is 83.5 Å². The molecule has 1 heterocycles. The molecule has 0 aliphatic heterocycles. The van der Waals surface area contributed by atoms with E-state index in [0.29, 0.717) is 5.17 Å². The Balaban J connectivity index is 1.54. The van der Waals surface area contributed by atoms with Crippen molar-refractivity contribution in [1.82, 2.24) is 9.97 Å². The zero-order chi connectivity index (χ0) is 18.7. The summed E-state index contributed by atoms with van der Waals surface area (Å²) < 4.78 is 0. The second-order valence-corrected chi connectivity index (χ2v) is 6.45. The van der Waals surface area contributed by atoms with Gasteiger partial charge in [0.2, 0.25) is 0 Å². The van der Waals surface area contributed by atoms with E-state index in [9.17, 15) is 0 Å². The number of aromatic nitrogens is 2. The van der Waals surface area contributed by atoms with E-state index in [-0.39, 0.29) is 0 Å². The summed E-state index contributed by atoms with van der Waals surface area (Å²) in [5.74, 6) is 6.85. The molecule has 6 heteroatoms. The maximum Gasteiger partial charge on any atom is 0.180 e. The third-order valence-electron chi connectivity index (χ3n) is 3.42. The third kappa shape index (κ3) is 6.42. The van der Waals surface area contributed by atoms with Gasteiger partial charge in [-0.15, -0.1) is 5.10 Å². The van der Waals surface area contributed by atoms with Crippen LogP contribution in [0, 0.1) is 11.8 Å². The van der Waals surface area contributed by atoms with Crippen molar-refractivity contribution in [2.24, 2.45) is 15.9 Å². The zero-order valence-electron chi connectivity index (χ0n) is 14.5. The molecular formula is C21H17N5S. The van der Waals surface area contributed by atoms with E-state index in [4.69, 9.17) is 5.73 Å². The third-order valence-corrected chi connectivity index (χ3v) is 4.27. The molecule has 0 aliphatic rings. The van der Waals surface area contributed by atoms with E-state index in [1.807, 2.05) is 42.5 Å². The van der Waals surface area contributed by atoms with E-state index in [1.165, 1.54) is 23.7 Å². The highest BCUT2D eigenvalue weighted by atomic mass is 32.2. The fraction of sp³-hybridized carbons (Fsp3) is 0.0476. The van der Waals surface area contributed by atoms with Crippen molar-refractivity contribution < 1.29 is 0 Å². The van der Waals surface area contributed by atoms with Gasteiger partial charge in [0.25, 0.3) is 0 Å². The van der Waals surface area contributed by atoms with Crippen LogP contribution >= 0.6 is 11.8 Å². The van der Waals surface area contributed by atoms with Crippen molar-refractivity contribution in [2.45, 2.75) is 5.75 Å². The molecule has 0 fully saturated rings. The Morgan fingerprint density at radius 2 is 1.67 bits per heavy atom. The fourth-order valence-electron chi connectivity index (χ4n) is 2.07. The molecule has 3 rings (SSSR count). The molecule has 5 nitrogen and oxygen atoms in total. The summed E-state index contributed by atoms with van der Waals surface area (Å²) in [6, 6.07) is 17.8. The fourth-order valence-corrected chi connectivity index (χ4v) is 2.69. The van der Waals surface area contributed by atoms with E-state index in [2.05, 4.69) is 44.1 Å². The Morgan fingerprint density at radius 1 is 0.963 bits per heavy atom. The van der Waals surface area contributed by atoms with Crippen molar-refractivity contribution in [2.75, 3.05) is 0 Å². The molecule has 0 aliphatic carbocycles. The average Bonchev–Trinajstić information content (AvgIpc) is 2.73. The molecule has 0 atom stereocenters. The second-order valence-electron chi connectivity index (χ2n) is 5.46. The highest BCUT2D eigenvalue weighted by molar-refractivity contribution is 8.13. The minimum atomic E-state index is 0.433. The largest absolute Gasteiger partial charge is 0.377 e. The van der Waals surface area contributed by atoms with Crippen LogP contribution in [-0.4, -0.2) is 21.4 Å². The number of thioether (sulfide) groups is 1. The van der Waals surface area contributed by atoms with Gasteiger partial charge in [-0.05, 0) is 23.3 Å². The molecule has 0 saturated carbocycles. The number of nitrogens with zero attached hydrogens (tertiary/aromatic N) is 4. The highest BCUT2D eigenvalue weighted by Gasteiger charge is 1.96. The molecule has 27 heavy (non-hydrogen) atoms. The summed E-state index contributed by atoms with van der Waals surface area (Å²) in [5.41, 5.74) is 9.68. The van der Waals surface area contributed by atoms with E-state index in [1.54, 1.807) is 18.6 Å². The number of hydrogen-bond acceptors (Lipinski definition) is 5. The van der Waals surface area contributed by atoms with Crippen molar-refractivity contribution in [3.63, 3.8) is 0 Å². The Labute approximate surface area is 162 Å². The summed E-state index contributed by atoms with van der Waals surface area (Å²) in [5, 5.41) is 8.49. The number of benzene rings is 2. The first-order valence-corrected chi connectivity index (χ1v) is 9.18. The van der Waals surface area contributed by atoms with Gasteiger partial charge in [-0.25, -0.2) is 9.97 Å². The SMILES string of the molecule is NC(=NN=Cc1ccc(C#Cc2cncnc2)cc1)SCc1ccccc1. The van der Waals surface area contributed by atoms with E-state index >= 15 is 0 Å². The maximum atomic E-state index is 5.88. The minimum Gasteiger partial charge on any atom is -0.377 e. The molecule has 2 aromatic carbocycles. The lowest BCUT2D eigenvalue weighted by molar-refractivity contribution is 1.16. The molecular weight excluding hydrogens is 354 g/mol. The zero-order valence-corrected chi connectivity index (χ0v) is 15.3. The lowest BCUT2D eigenvalue weighted by Crippen LogP contribution is -2.05. The van der Waals surface area contributed by atoms with Crippen LogP contribution in [0.25, 0.3) is 0 Å². The summed E-state index contributed by atoms with van der Waals surface area (Å²) in [4.78, 5) is 7.87. The predicted molar refractivity (Wildman–Crippen MR) is 111 cm³/mol. The van der Waals surface area contributed by atoms with Gasteiger partial charge >= 0.3 is 0 Å². The first kappa shape index (κ1) is 18.4. The molecule has 0 amide bonds. The van der Waals surface area contributed by atoms with Gasteiger partial charge in [-0.1, -0.05) is 66.1 Å². The number of nitrogens with two attached hydrogens (primary N) is 1. The van der Waals surface area contributed by atoms with Crippen LogP contribution in [0.1, 0.15) is 22.3 Å². The standard InChI is InChI=1S/C21H17N5S/c22-21(27-15-19-4-2-1-3-5-19)26-25-14-18-9-6-17(7-10-18)8-11-20-12-23-16-24-13-20/h1-7,9-10,12-14,16H,15H2,(H2,22,26). The summed E-state index contributed by atoms with van der Waals surface area (Å²) in [6.45, 7) is 0. The van der Waals surface area contributed by atoms with Crippen LogP contribution in [0.4, 0.5) is 0 Å². The highest BCUT2D eigenvalue weighted by Crippen LogP contribution is 2.11. The molecule has 0 saturated heterocycles. The molecule has 0 spiro atoms. The average molecular weight is 371 g/mol. The van der Waals surface area contributed by atoms with E-state index in [0.717, 1.165) is 22.4 Å². The van der Waals surface area contributed by atoms with Crippen LogP contribution in [-0.2, 0) is 5.75 Å². The molecule has 0 radical (unpaired) electrons. The van der Waals surface area contributed by atoms with Crippen LogP contribution in [0.5, 0.6) is 0 Å². The first-order chi connectivity index (χ1) is 13.3. The minimum absolute atomic E-state index is 0.433. The summed E-state index contributed by atoms with van der Waals surface area (Å²) in [6.07, 6.45) is 6.51. The Morgan fingerprint density at radius 3 is 2.41 bits per heavy atom. The lowest BCUT2D eigenvalue weighted by Gasteiger charge is -1.99. The summed E-state index contributed by atoms with van der Waals surface area (Å²) in [7, 11) is 0. The van der Waals surface area contributed by atoms with Crippen molar-refractivity contribution >= 4 is 23.1 Å². The van der Waals surface area contributed by atoms with Gasteiger partial charge in [0, 0.05) is 23.7 Å². The van der Waals surface area contributed by atoms with Gasteiger partial charge in [-0.2, -0.15) is 5.10 Å². The number of amidine groups is 1. The molecule has 1 aromatic heterocycles. The van der Waals surface area contributed by atoms with Gasteiger partial charge in [0.05, 0.1) is 11.8 Å². The van der Waals surface area contributed by atoms with E-state index < -0.39 is 0 Å². The summed E-state index contributed by atoms with van der Waals surface area (Å²) >= 11 is 1.46. The van der Waals surface area contributed by atoms with Crippen molar-refractivity contribution in [1.29, 1.82) is 0 Å². The van der Waals surface area contributed by atoms with Gasteiger partial charge < -0.3 is 5.73 Å². The molecule has 3 aromatic rings. The molecule has 0 unspecified atom stereocenters. The van der Waals surface area contributed by atoms with Crippen molar-refractivity contribution in [3.8, 4) is 11.8 Å². The smallest absolute Gasteiger partial charge is 0.180 e. The van der Waals surface area contributed by atoms with Gasteiger partial charge in [-0.3, -0.25) is 0 Å². The lowest BCUT2D eigenvalue weighted by atomic mass is 10.1. The van der Waals surface area contributed by atoms with Crippen LogP contribution in [0.2, 0.25) is 0 Å². The Kier molecular flexibility index (Phi) is 6.73. The van der Waals surface area contributed by atoms with Gasteiger partial charge in [0.1, 0.15) is 6.33 Å². The van der Waals surface area contributed by atoms with Crippen LogP contribution < -0.4 is 5.73 Å². The normalized spacial score (nSPS) is 11.2. The van der Waals surface area contributed by atoms with Gasteiger partial charge in [0.15, 0.2) is 5.17 Å². The maximum absolute atomic E-state index is 5.88. The second kappa shape index (κ2) is 9.90. The predicted octanol–water partition coefficient (Wildman–Crippen LogP) is 3.46. The number of hydrogen-bond donors (Lipinski definition) is 1.